The fourth-order valence-electron chi connectivity index (χ4n) is 3.88. The van der Waals surface area contributed by atoms with Crippen molar-refractivity contribution in [1.82, 2.24) is 9.80 Å². The Morgan fingerprint density at radius 1 is 1.12 bits per heavy atom. The van der Waals surface area contributed by atoms with Crippen LogP contribution in [0.1, 0.15) is 43.4 Å². The van der Waals surface area contributed by atoms with Crippen molar-refractivity contribution in [3.8, 4) is 5.75 Å². The number of aliphatic hydroxyl groups excluding tert-OH is 1. The summed E-state index contributed by atoms with van der Waals surface area (Å²) in [5.74, 6) is -1.52. The van der Waals surface area contributed by atoms with E-state index < -0.39 is 23.5 Å². The van der Waals surface area contributed by atoms with E-state index in [1.165, 1.54) is 17.0 Å². The molecule has 1 heterocycles. The highest BCUT2D eigenvalue weighted by Crippen LogP contribution is 2.39. The summed E-state index contributed by atoms with van der Waals surface area (Å²) in [6.07, 6.45) is 2.55. The molecule has 3 rings (SSSR count). The second-order valence-corrected chi connectivity index (χ2v) is 8.43. The largest absolute Gasteiger partial charge is 0.507 e. The van der Waals surface area contributed by atoms with Gasteiger partial charge in [0.15, 0.2) is 0 Å². The zero-order valence-electron chi connectivity index (χ0n) is 19.4. The van der Waals surface area contributed by atoms with E-state index in [-0.39, 0.29) is 11.3 Å². The Labute approximate surface area is 194 Å². The molecular weight excluding hydrogens is 423 g/mol. The molecule has 0 saturated carbocycles. The average molecular weight is 455 g/mol. The van der Waals surface area contributed by atoms with E-state index in [0.717, 1.165) is 19.4 Å². The highest BCUT2D eigenvalue weighted by molar-refractivity contribution is 6.46. The van der Waals surface area contributed by atoms with Gasteiger partial charge < -0.3 is 19.6 Å². The Morgan fingerprint density at radius 3 is 2.52 bits per heavy atom. The summed E-state index contributed by atoms with van der Waals surface area (Å²) in [7, 11) is 3.86. The molecule has 1 aliphatic heterocycles. The van der Waals surface area contributed by atoms with Crippen molar-refractivity contribution in [3.05, 3.63) is 71.0 Å². The highest BCUT2D eigenvalue weighted by Gasteiger charge is 2.45. The smallest absolute Gasteiger partial charge is 0.295 e. The van der Waals surface area contributed by atoms with Crippen LogP contribution in [0.25, 0.3) is 5.76 Å². The first-order valence-electron chi connectivity index (χ1n) is 11.2. The third kappa shape index (κ3) is 5.79. The van der Waals surface area contributed by atoms with Gasteiger partial charge in [0.05, 0.1) is 18.2 Å². The molecule has 1 unspecified atom stereocenters. The highest BCUT2D eigenvalue weighted by atomic mass is 19.1. The number of halogens is 1. The van der Waals surface area contributed by atoms with Crippen molar-refractivity contribution in [2.75, 3.05) is 33.8 Å². The summed E-state index contributed by atoms with van der Waals surface area (Å²) in [4.78, 5) is 29.4. The number of aliphatic hydroxyl groups is 1. The van der Waals surface area contributed by atoms with Crippen molar-refractivity contribution in [2.45, 2.75) is 32.2 Å². The maximum Gasteiger partial charge on any atom is 0.295 e. The lowest BCUT2D eigenvalue weighted by atomic mass is 9.95. The van der Waals surface area contributed by atoms with Crippen LogP contribution in [-0.2, 0) is 9.59 Å². The van der Waals surface area contributed by atoms with Gasteiger partial charge in [0.1, 0.15) is 17.3 Å². The number of amides is 1. The molecule has 1 atom stereocenters. The first-order chi connectivity index (χ1) is 15.8. The van der Waals surface area contributed by atoms with Crippen LogP contribution in [0.2, 0.25) is 0 Å². The molecule has 176 valence electrons. The van der Waals surface area contributed by atoms with Crippen molar-refractivity contribution >= 4 is 17.4 Å². The van der Waals surface area contributed by atoms with E-state index in [4.69, 9.17) is 4.74 Å². The number of nitrogens with zero attached hydrogens (tertiary/aromatic N) is 2. The summed E-state index contributed by atoms with van der Waals surface area (Å²) >= 11 is 0. The lowest BCUT2D eigenvalue weighted by Gasteiger charge is -2.26. The molecule has 2 aromatic carbocycles. The second kappa shape index (κ2) is 11.1. The van der Waals surface area contributed by atoms with Gasteiger partial charge in [-0.2, -0.15) is 0 Å². The van der Waals surface area contributed by atoms with Gasteiger partial charge in [0.2, 0.25) is 0 Å². The van der Waals surface area contributed by atoms with Crippen LogP contribution < -0.4 is 4.74 Å². The predicted octanol–water partition coefficient (Wildman–Crippen LogP) is 4.38. The molecule has 1 N–H and O–H groups in total. The molecule has 1 amide bonds. The predicted molar refractivity (Wildman–Crippen MR) is 125 cm³/mol. The Hall–Kier alpha value is -3.19. The summed E-state index contributed by atoms with van der Waals surface area (Å²) in [5, 5.41) is 11.2. The fraction of sp³-hybridized carbons (Fsp3) is 0.385. The van der Waals surface area contributed by atoms with Gasteiger partial charge in [-0.15, -0.1) is 0 Å². The summed E-state index contributed by atoms with van der Waals surface area (Å²) < 4.78 is 19.3. The first kappa shape index (κ1) is 24.5. The van der Waals surface area contributed by atoms with Gasteiger partial charge in [-0.3, -0.25) is 9.59 Å². The van der Waals surface area contributed by atoms with Crippen molar-refractivity contribution in [3.63, 3.8) is 0 Å². The number of hydrogen-bond donors (Lipinski definition) is 1. The molecule has 0 aromatic heterocycles. The minimum Gasteiger partial charge on any atom is -0.507 e. The topological polar surface area (TPSA) is 70.1 Å². The monoisotopic (exact) mass is 454 g/mol. The van der Waals surface area contributed by atoms with Crippen LogP contribution in [0.3, 0.4) is 0 Å². The Kier molecular flexibility index (Phi) is 8.22. The standard InChI is InChI=1S/C26H31FN2O4/c1-4-5-16-33-21-9-6-8-19(17-21)24(30)22-23(18-10-12-20(27)13-11-18)29(26(32)25(22)31)15-7-14-28(2)3/h6,8-13,17,23,30H,4-5,7,14-16H2,1-3H3. The van der Waals surface area contributed by atoms with E-state index in [9.17, 15) is 19.1 Å². The zero-order valence-corrected chi connectivity index (χ0v) is 19.4. The van der Waals surface area contributed by atoms with Crippen molar-refractivity contribution < 1.29 is 23.8 Å². The zero-order chi connectivity index (χ0) is 24.0. The number of carbonyl (C=O) groups is 2. The van der Waals surface area contributed by atoms with Crippen LogP contribution >= 0.6 is 0 Å². The van der Waals surface area contributed by atoms with Gasteiger partial charge in [0.25, 0.3) is 11.7 Å². The molecule has 1 aliphatic rings. The molecular formula is C26H31FN2O4. The number of ether oxygens (including phenoxy) is 1. The van der Waals surface area contributed by atoms with Crippen LogP contribution in [0, 0.1) is 5.82 Å². The SMILES string of the molecule is CCCCOc1cccc(C(O)=C2C(=O)C(=O)N(CCCN(C)C)C2c2ccc(F)cc2)c1. The van der Waals surface area contributed by atoms with E-state index >= 15 is 0 Å². The van der Waals surface area contributed by atoms with Gasteiger partial charge >= 0.3 is 0 Å². The Bertz CT molecular complexity index is 1020. The number of Topliss-reactive ketones (excluding diaryl/α,β-unsaturated/α-hetero) is 1. The third-order valence-electron chi connectivity index (χ3n) is 5.60. The average Bonchev–Trinajstić information content (AvgIpc) is 3.04. The third-order valence-corrected chi connectivity index (χ3v) is 5.60. The minimum atomic E-state index is -0.794. The number of carbonyl (C=O) groups excluding carboxylic acids is 2. The minimum absolute atomic E-state index is 0.00201. The summed E-state index contributed by atoms with van der Waals surface area (Å²) in [6, 6.07) is 11.7. The number of ketones is 1. The molecule has 0 radical (unpaired) electrons. The lowest BCUT2D eigenvalue weighted by Crippen LogP contribution is -2.32. The molecule has 1 fully saturated rings. The number of rotatable bonds is 10. The maximum absolute atomic E-state index is 13.6. The molecule has 7 heteroatoms. The second-order valence-electron chi connectivity index (χ2n) is 8.43. The van der Waals surface area contributed by atoms with E-state index in [1.807, 2.05) is 19.0 Å². The number of benzene rings is 2. The lowest BCUT2D eigenvalue weighted by molar-refractivity contribution is -0.139. The quantitative estimate of drug-likeness (QED) is 0.250. The van der Waals surface area contributed by atoms with Crippen LogP contribution in [-0.4, -0.2) is 60.4 Å². The van der Waals surface area contributed by atoms with Crippen LogP contribution in [0.5, 0.6) is 5.75 Å². The van der Waals surface area contributed by atoms with Crippen LogP contribution in [0.15, 0.2) is 54.1 Å². The number of unbranched alkanes of at least 4 members (excludes halogenated alkanes) is 1. The van der Waals surface area contributed by atoms with Gasteiger partial charge in [0, 0.05) is 12.1 Å². The molecule has 6 nitrogen and oxygen atoms in total. The maximum atomic E-state index is 13.6. The van der Waals surface area contributed by atoms with Gasteiger partial charge in [-0.25, -0.2) is 4.39 Å². The molecule has 33 heavy (non-hydrogen) atoms. The Balaban J connectivity index is 2.02. The van der Waals surface area contributed by atoms with Gasteiger partial charge in [-0.1, -0.05) is 37.6 Å². The van der Waals surface area contributed by atoms with E-state index in [0.29, 0.717) is 36.4 Å². The van der Waals surface area contributed by atoms with E-state index in [2.05, 4.69) is 6.92 Å². The molecule has 1 saturated heterocycles. The molecule has 2 aromatic rings. The Morgan fingerprint density at radius 2 is 1.85 bits per heavy atom. The first-order valence-corrected chi connectivity index (χ1v) is 11.2. The number of hydrogen-bond acceptors (Lipinski definition) is 5. The van der Waals surface area contributed by atoms with Crippen LogP contribution in [0.4, 0.5) is 4.39 Å². The normalized spacial score (nSPS) is 17.7. The van der Waals surface area contributed by atoms with Crippen molar-refractivity contribution in [1.29, 1.82) is 0 Å². The summed E-state index contributed by atoms with van der Waals surface area (Å²) in [5.41, 5.74) is 0.960. The van der Waals surface area contributed by atoms with E-state index in [1.54, 1.807) is 36.4 Å². The molecule has 0 bridgehead atoms. The molecule has 0 spiro atoms. The van der Waals surface area contributed by atoms with Crippen molar-refractivity contribution in [2.24, 2.45) is 0 Å². The number of likely N-dealkylation sites (tertiary alicyclic amines) is 1. The molecule has 0 aliphatic carbocycles. The fourth-order valence-corrected chi connectivity index (χ4v) is 3.88. The van der Waals surface area contributed by atoms with Gasteiger partial charge in [-0.05, 0) is 63.3 Å². The summed E-state index contributed by atoms with van der Waals surface area (Å²) in [6.45, 7) is 3.68.